The van der Waals surface area contributed by atoms with Gasteiger partial charge in [0.1, 0.15) is 6.54 Å². The average Bonchev–Trinajstić information content (AvgIpc) is 2.63. The van der Waals surface area contributed by atoms with Crippen molar-refractivity contribution in [3.8, 4) is 0 Å². The summed E-state index contributed by atoms with van der Waals surface area (Å²) in [5, 5.41) is 13.4. The average molecular weight is 376 g/mol. The maximum Gasteiger partial charge on any atom is 0.267 e. The van der Waals surface area contributed by atoms with E-state index in [1.807, 2.05) is 13.8 Å². The van der Waals surface area contributed by atoms with Crippen molar-refractivity contribution in [2.24, 2.45) is 5.41 Å². The highest BCUT2D eigenvalue weighted by molar-refractivity contribution is 5.78. The number of hydrogen-bond acceptors (Lipinski definition) is 5. The number of aryl methyl sites for hydroxylation is 2. The van der Waals surface area contributed by atoms with Gasteiger partial charge in [-0.05, 0) is 38.7 Å². The van der Waals surface area contributed by atoms with Crippen molar-refractivity contribution in [1.29, 1.82) is 0 Å². The highest BCUT2D eigenvalue weighted by atomic mass is 16.3. The third kappa shape index (κ3) is 4.21. The summed E-state index contributed by atoms with van der Waals surface area (Å²) in [4.78, 5) is 40.5. The van der Waals surface area contributed by atoms with E-state index >= 15 is 0 Å². The van der Waals surface area contributed by atoms with Crippen LogP contribution in [0.5, 0.6) is 0 Å². The fourth-order valence-corrected chi connectivity index (χ4v) is 4.20. The Labute approximate surface area is 158 Å². The fraction of sp³-hybridized carbons (Fsp3) is 0.684. The fourth-order valence-electron chi connectivity index (χ4n) is 4.20. The number of likely N-dealkylation sites (tertiary alicyclic amines) is 2. The van der Waals surface area contributed by atoms with Gasteiger partial charge in [0.2, 0.25) is 11.8 Å². The predicted molar refractivity (Wildman–Crippen MR) is 99.1 cm³/mol. The molecule has 1 atom stereocenters. The molecular weight excluding hydrogens is 348 g/mol. The first-order valence-corrected chi connectivity index (χ1v) is 9.55. The Bertz CT molecular complexity index is 790. The van der Waals surface area contributed by atoms with Gasteiger partial charge in [-0.15, -0.1) is 0 Å². The van der Waals surface area contributed by atoms with E-state index in [2.05, 4.69) is 5.10 Å². The monoisotopic (exact) mass is 376 g/mol. The Kier molecular flexibility index (Phi) is 5.64. The van der Waals surface area contributed by atoms with E-state index < -0.39 is 0 Å². The molecule has 2 aliphatic heterocycles. The summed E-state index contributed by atoms with van der Waals surface area (Å²) in [6.07, 6.45) is 3.07. The molecule has 0 radical (unpaired) electrons. The molecule has 8 nitrogen and oxygen atoms in total. The standard InChI is InChI=1S/C19H28N4O4/c1-14-10-17(26)23(20-15(14)2)11-18(27)21-7-3-5-19(12-21)6-4-16(25)22(13-19)8-9-24/h10,24H,3-9,11-13H2,1-2H3. The molecule has 2 aliphatic rings. The smallest absolute Gasteiger partial charge is 0.267 e. The second kappa shape index (κ2) is 7.80. The Morgan fingerprint density at radius 1 is 1.26 bits per heavy atom. The molecule has 1 aromatic heterocycles. The number of β-amino-alcohol motifs (C(OH)–C–C–N with tert-alkyl or cyclic N) is 1. The van der Waals surface area contributed by atoms with Crippen molar-refractivity contribution < 1.29 is 14.7 Å². The van der Waals surface area contributed by atoms with Crippen molar-refractivity contribution in [1.82, 2.24) is 19.6 Å². The second-order valence-corrected chi connectivity index (χ2v) is 7.87. The zero-order valence-electron chi connectivity index (χ0n) is 16.1. The van der Waals surface area contributed by atoms with Gasteiger partial charge >= 0.3 is 0 Å². The molecule has 2 saturated heterocycles. The Balaban J connectivity index is 1.71. The minimum atomic E-state index is -0.268. The summed E-state index contributed by atoms with van der Waals surface area (Å²) >= 11 is 0. The van der Waals surface area contributed by atoms with Gasteiger partial charge in [0.25, 0.3) is 5.56 Å². The van der Waals surface area contributed by atoms with Crippen molar-refractivity contribution in [2.45, 2.75) is 46.1 Å². The van der Waals surface area contributed by atoms with E-state index in [-0.39, 0.29) is 35.9 Å². The topological polar surface area (TPSA) is 95.7 Å². The number of nitrogens with zero attached hydrogens (tertiary/aromatic N) is 4. The number of carbonyl (C=O) groups excluding carboxylic acids is 2. The number of aromatic nitrogens is 2. The van der Waals surface area contributed by atoms with Gasteiger partial charge < -0.3 is 14.9 Å². The number of rotatable bonds is 4. The van der Waals surface area contributed by atoms with Crippen LogP contribution in [0.25, 0.3) is 0 Å². The minimum Gasteiger partial charge on any atom is -0.395 e. The highest BCUT2D eigenvalue weighted by Gasteiger charge is 2.42. The third-order valence-electron chi connectivity index (χ3n) is 5.85. The number of aliphatic hydroxyl groups excluding tert-OH is 1. The lowest BCUT2D eigenvalue weighted by Crippen LogP contribution is -2.56. The zero-order chi connectivity index (χ0) is 19.6. The van der Waals surface area contributed by atoms with Crippen molar-refractivity contribution in [3.63, 3.8) is 0 Å². The molecule has 2 fully saturated rings. The molecular formula is C19H28N4O4. The number of piperidine rings is 2. The molecule has 8 heteroatoms. The van der Waals surface area contributed by atoms with Crippen molar-refractivity contribution >= 4 is 11.8 Å². The SMILES string of the molecule is Cc1cc(=O)n(CC(=O)N2CCCC3(CCC(=O)N(CCO)C3)C2)nc1C. The van der Waals surface area contributed by atoms with Gasteiger partial charge in [0.15, 0.2) is 0 Å². The van der Waals surface area contributed by atoms with E-state index in [1.165, 1.54) is 10.7 Å². The van der Waals surface area contributed by atoms with E-state index in [0.717, 1.165) is 30.5 Å². The lowest BCUT2D eigenvalue weighted by Gasteiger charge is -2.48. The quantitative estimate of drug-likeness (QED) is 0.803. The van der Waals surface area contributed by atoms with Crippen LogP contribution >= 0.6 is 0 Å². The minimum absolute atomic E-state index is 0.0498. The van der Waals surface area contributed by atoms with Gasteiger partial charge in [0, 0.05) is 44.1 Å². The molecule has 0 bridgehead atoms. The Morgan fingerprint density at radius 2 is 2.04 bits per heavy atom. The molecule has 1 unspecified atom stereocenters. The summed E-state index contributed by atoms with van der Waals surface area (Å²) in [5.74, 6) is -0.0402. The number of carbonyl (C=O) groups is 2. The molecule has 1 aromatic rings. The summed E-state index contributed by atoms with van der Waals surface area (Å²) in [5.41, 5.74) is 1.17. The van der Waals surface area contributed by atoms with Gasteiger partial charge in [-0.1, -0.05) is 0 Å². The Morgan fingerprint density at radius 3 is 2.78 bits per heavy atom. The van der Waals surface area contributed by atoms with Crippen LogP contribution in [0.1, 0.15) is 36.9 Å². The third-order valence-corrected chi connectivity index (χ3v) is 5.85. The lowest BCUT2D eigenvalue weighted by atomic mass is 9.73. The summed E-state index contributed by atoms with van der Waals surface area (Å²) in [7, 11) is 0. The van der Waals surface area contributed by atoms with Crippen molar-refractivity contribution in [3.05, 3.63) is 27.7 Å². The molecule has 3 heterocycles. The van der Waals surface area contributed by atoms with E-state index in [9.17, 15) is 19.5 Å². The molecule has 1 N–H and O–H groups in total. The van der Waals surface area contributed by atoms with Crippen LogP contribution in [0.3, 0.4) is 0 Å². The van der Waals surface area contributed by atoms with Gasteiger partial charge in [0.05, 0.1) is 12.3 Å². The molecule has 2 amide bonds. The maximum absolute atomic E-state index is 12.8. The first-order chi connectivity index (χ1) is 12.8. The molecule has 148 valence electrons. The summed E-state index contributed by atoms with van der Waals surface area (Å²) in [6.45, 7) is 5.71. The number of amides is 2. The summed E-state index contributed by atoms with van der Waals surface area (Å²) in [6, 6.07) is 1.51. The van der Waals surface area contributed by atoms with Gasteiger partial charge in [-0.2, -0.15) is 5.10 Å². The van der Waals surface area contributed by atoms with Crippen molar-refractivity contribution in [2.75, 3.05) is 32.8 Å². The first kappa shape index (κ1) is 19.5. The van der Waals surface area contributed by atoms with Crippen LogP contribution in [0.4, 0.5) is 0 Å². The Hall–Kier alpha value is -2.22. The van der Waals surface area contributed by atoms with E-state index in [0.29, 0.717) is 32.6 Å². The van der Waals surface area contributed by atoms with Crippen LogP contribution in [0.15, 0.2) is 10.9 Å². The van der Waals surface area contributed by atoms with Gasteiger partial charge in [-0.3, -0.25) is 14.4 Å². The molecule has 3 rings (SSSR count). The molecule has 27 heavy (non-hydrogen) atoms. The van der Waals surface area contributed by atoms with Crippen LogP contribution in [0.2, 0.25) is 0 Å². The molecule has 0 aliphatic carbocycles. The lowest BCUT2D eigenvalue weighted by molar-refractivity contribution is -0.143. The van der Waals surface area contributed by atoms with E-state index in [4.69, 9.17) is 0 Å². The molecule has 0 aromatic carbocycles. The number of hydrogen-bond donors (Lipinski definition) is 1. The zero-order valence-corrected chi connectivity index (χ0v) is 16.1. The summed E-state index contributed by atoms with van der Waals surface area (Å²) < 4.78 is 1.23. The molecule has 0 saturated carbocycles. The van der Waals surface area contributed by atoms with Crippen LogP contribution in [-0.2, 0) is 16.1 Å². The molecule has 1 spiro atoms. The maximum atomic E-state index is 12.8. The first-order valence-electron chi connectivity index (χ1n) is 9.55. The van der Waals surface area contributed by atoms with Crippen LogP contribution < -0.4 is 5.56 Å². The normalized spacial score (nSPS) is 23.1. The highest BCUT2D eigenvalue weighted by Crippen LogP contribution is 2.38. The van der Waals surface area contributed by atoms with Crippen LogP contribution in [-0.4, -0.2) is 69.3 Å². The second-order valence-electron chi connectivity index (χ2n) is 7.87. The number of aliphatic hydroxyl groups is 1. The van der Waals surface area contributed by atoms with Gasteiger partial charge in [-0.25, -0.2) is 4.68 Å². The van der Waals surface area contributed by atoms with E-state index in [1.54, 1.807) is 9.80 Å². The predicted octanol–water partition coefficient (Wildman–Crippen LogP) is 0.0836. The largest absolute Gasteiger partial charge is 0.395 e. The van der Waals surface area contributed by atoms with Crippen LogP contribution in [0, 0.1) is 19.3 Å².